The maximum absolute atomic E-state index is 11.4. The van der Waals surface area contributed by atoms with Crippen molar-refractivity contribution in [3.63, 3.8) is 0 Å². The van der Waals surface area contributed by atoms with Crippen LogP contribution in [-0.2, 0) is 0 Å². The Morgan fingerprint density at radius 1 is 1.18 bits per heavy atom. The fourth-order valence-electron chi connectivity index (χ4n) is 3.86. The molecule has 0 aromatic heterocycles. The smallest absolute Gasteiger partial charge is 0.337 e. The Morgan fingerprint density at radius 3 is 2.64 bits per heavy atom. The van der Waals surface area contributed by atoms with E-state index in [1.54, 1.807) is 18.2 Å². The number of nitrogens with one attached hydrogen (secondary N) is 1. The molecule has 1 aromatic rings. The molecule has 5 heteroatoms. The van der Waals surface area contributed by atoms with Crippen molar-refractivity contribution in [1.82, 2.24) is 4.90 Å². The number of benzene rings is 1. The summed E-state index contributed by atoms with van der Waals surface area (Å²) >= 11 is 0. The van der Waals surface area contributed by atoms with Crippen LogP contribution in [0.3, 0.4) is 0 Å². The summed E-state index contributed by atoms with van der Waals surface area (Å²) in [4.78, 5) is 14.0. The Labute approximate surface area is 131 Å². The van der Waals surface area contributed by atoms with E-state index in [0.717, 1.165) is 6.42 Å². The van der Waals surface area contributed by atoms with Crippen molar-refractivity contribution in [2.75, 3.05) is 24.1 Å². The van der Waals surface area contributed by atoms with Crippen LogP contribution in [0.2, 0.25) is 0 Å². The van der Waals surface area contributed by atoms with Crippen molar-refractivity contribution < 1.29 is 9.90 Å². The first kappa shape index (κ1) is 15.2. The molecule has 120 valence electrons. The van der Waals surface area contributed by atoms with E-state index in [1.807, 2.05) is 0 Å². The summed E-state index contributed by atoms with van der Waals surface area (Å²) in [6.07, 6.45) is 7.32. The van der Waals surface area contributed by atoms with Gasteiger partial charge in [-0.15, -0.1) is 0 Å². The van der Waals surface area contributed by atoms with Gasteiger partial charge in [0.05, 0.1) is 11.3 Å². The van der Waals surface area contributed by atoms with E-state index in [4.69, 9.17) is 5.73 Å². The number of likely N-dealkylation sites (tertiary alicyclic amines) is 1. The van der Waals surface area contributed by atoms with Gasteiger partial charge in [0, 0.05) is 17.8 Å². The SMILES string of the molecule is Nc1ccc(C(=O)O)c(N[C@H]2CCCC[C@@H]2N2CCCC2)c1. The van der Waals surface area contributed by atoms with Crippen LogP contribution < -0.4 is 11.1 Å². The van der Waals surface area contributed by atoms with Gasteiger partial charge >= 0.3 is 5.97 Å². The highest BCUT2D eigenvalue weighted by atomic mass is 16.4. The van der Waals surface area contributed by atoms with Gasteiger partial charge in [0.25, 0.3) is 0 Å². The predicted molar refractivity (Wildman–Crippen MR) is 88.3 cm³/mol. The molecule has 1 aliphatic carbocycles. The van der Waals surface area contributed by atoms with Gasteiger partial charge in [0.15, 0.2) is 0 Å². The lowest BCUT2D eigenvalue weighted by Crippen LogP contribution is -2.47. The van der Waals surface area contributed by atoms with E-state index >= 15 is 0 Å². The molecule has 0 bridgehead atoms. The zero-order valence-electron chi connectivity index (χ0n) is 12.9. The Morgan fingerprint density at radius 2 is 1.91 bits per heavy atom. The molecular weight excluding hydrogens is 278 g/mol. The fraction of sp³-hybridized carbons (Fsp3) is 0.588. The molecule has 0 radical (unpaired) electrons. The van der Waals surface area contributed by atoms with E-state index in [1.165, 1.54) is 45.2 Å². The van der Waals surface area contributed by atoms with Gasteiger partial charge in [-0.05, 0) is 57.0 Å². The molecule has 2 fully saturated rings. The van der Waals surface area contributed by atoms with Crippen LogP contribution >= 0.6 is 0 Å². The molecule has 4 N–H and O–H groups in total. The van der Waals surface area contributed by atoms with Crippen molar-refractivity contribution in [1.29, 1.82) is 0 Å². The second kappa shape index (κ2) is 6.57. The van der Waals surface area contributed by atoms with Gasteiger partial charge in [-0.25, -0.2) is 4.79 Å². The van der Waals surface area contributed by atoms with Gasteiger partial charge in [-0.1, -0.05) is 12.8 Å². The van der Waals surface area contributed by atoms with Gasteiger partial charge in [-0.2, -0.15) is 0 Å². The first-order chi connectivity index (χ1) is 10.6. The Hall–Kier alpha value is -1.75. The monoisotopic (exact) mass is 303 g/mol. The number of carbonyl (C=O) groups is 1. The Balaban J connectivity index is 1.80. The Kier molecular flexibility index (Phi) is 4.52. The van der Waals surface area contributed by atoms with E-state index in [2.05, 4.69) is 10.2 Å². The van der Waals surface area contributed by atoms with Crippen molar-refractivity contribution in [2.24, 2.45) is 0 Å². The fourth-order valence-corrected chi connectivity index (χ4v) is 3.86. The number of nitrogens with zero attached hydrogens (tertiary/aromatic N) is 1. The maximum Gasteiger partial charge on any atom is 0.337 e. The van der Waals surface area contributed by atoms with E-state index in [9.17, 15) is 9.90 Å². The maximum atomic E-state index is 11.4. The minimum absolute atomic E-state index is 0.306. The van der Waals surface area contributed by atoms with Crippen LogP contribution in [0.1, 0.15) is 48.9 Å². The van der Waals surface area contributed by atoms with Crippen LogP contribution in [0.25, 0.3) is 0 Å². The predicted octanol–water partition coefficient (Wildman–Crippen LogP) is 2.79. The first-order valence-corrected chi connectivity index (χ1v) is 8.28. The largest absolute Gasteiger partial charge is 0.478 e. The molecular formula is C17H25N3O2. The standard InChI is InChI=1S/C17H25N3O2/c18-12-7-8-13(17(21)22)15(11-12)19-14-5-1-2-6-16(14)20-9-3-4-10-20/h7-8,11,14,16,19H,1-6,9-10,18H2,(H,21,22)/t14-,16-/m0/s1. The quantitative estimate of drug-likeness (QED) is 0.745. The van der Waals surface area contributed by atoms with Gasteiger partial charge in [-0.3, -0.25) is 4.90 Å². The molecule has 2 atom stereocenters. The topological polar surface area (TPSA) is 78.6 Å². The van der Waals surface area contributed by atoms with Crippen molar-refractivity contribution >= 4 is 17.3 Å². The molecule has 0 amide bonds. The molecule has 1 saturated carbocycles. The third kappa shape index (κ3) is 3.19. The number of nitrogens with two attached hydrogens (primary N) is 1. The third-order valence-corrected chi connectivity index (χ3v) is 4.95. The van der Waals surface area contributed by atoms with Gasteiger partial charge < -0.3 is 16.2 Å². The summed E-state index contributed by atoms with van der Waals surface area (Å²) < 4.78 is 0. The molecule has 22 heavy (non-hydrogen) atoms. The first-order valence-electron chi connectivity index (χ1n) is 8.28. The molecule has 1 saturated heterocycles. The lowest BCUT2D eigenvalue weighted by Gasteiger charge is -2.39. The summed E-state index contributed by atoms with van der Waals surface area (Å²) in [5, 5.41) is 12.9. The number of carboxylic acid groups (broad SMARTS) is 1. The zero-order chi connectivity index (χ0) is 15.5. The molecule has 1 heterocycles. The highest BCUT2D eigenvalue weighted by Crippen LogP contribution is 2.30. The number of rotatable bonds is 4. The number of hydrogen-bond donors (Lipinski definition) is 3. The second-order valence-corrected chi connectivity index (χ2v) is 6.46. The second-order valence-electron chi connectivity index (χ2n) is 6.46. The molecule has 3 rings (SSSR count). The number of hydrogen-bond acceptors (Lipinski definition) is 4. The summed E-state index contributed by atoms with van der Waals surface area (Å²) in [7, 11) is 0. The van der Waals surface area contributed by atoms with Gasteiger partial charge in [0.1, 0.15) is 0 Å². The Bertz CT molecular complexity index is 541. The molecule has 1 aliphatic heterocycles. The molecule has 2 aliphatic rings. The third-order valence-electron chi connectivity index (χ3n) is 4.95. The summed E-state index contributed by atoms with van der Waals surface area (Å²) in [5.41, 5.74) is 7.41. The molecule has 0 spiro atoms. The van der Waals surface area contributed by atoms with Crippen molar-refractivity contribution in [2.45, 2.75) is 50.6 Å². The van der Waals surface area contributed by atoms with Crippen LogP contribution in [0.5, 0.6) is 0 Å². The summed E-state index contributed by atoms with van der Waals surface area (Å²) in [6, 6.07) is 5.81. The van der Waals surface area contributed by atoms with Crippen LogP contribution in [-0.4, -0.2) is 41.1 Å². The van der Waals surface area contributed by atoms with E-state index in [-0.39, 0.29) is 0 Å². The summed E-state index contributed by atoms with van der Waals surface area (Å²) in [6.45, 7) is 2.34. The highest BCUT2D eigenvalue weighted by molar-refractivity contribution is 5.95. The molecule has 5 nitrogen and oxygen atoms in total. The van der Waals surface area contributed by atoms with E-state index in [0.29, 0.717) is 29.0 Å². The lowest BCUT2D eigenvalue weighted by atomic mass is 9.89. The normalized spacial score (nSPS) is 26.0. The molecule has 0 unspecified atom stereocenters. The number of aromatic carboxylic acids is 1. The van der Waals surface area contributed by atoms with Gasteiger partial charge in [0.2, 0.25) is 0 Å². The lowest BCUT2D eigenvalue weighted by molar-refractivity contribution is 0.0697. The minimum Gasteiger partial charge on any atom is -0.478 e. The van der Waals surface area contributed by atoms with Crippen molar-refractivity contribution in [3.8, 4) is 0 Å². The average molecular weight is 303 g/mol. The number of nitrogen functional groups attached to an aromatic ring is 1. The van der Waals surface area contributed by atoms with Crippen LogP contribution in [0.15, 0.2) is 18.2 Å². The van der Waals surface area contributed by atoms with Crippen LogP contribution in [0, 0.1) is 0 Å². The zero-order valence-corrected chi connectivity index (χ0v) is 12.9. The molecule has 1 aromatic carbocycles. The number of carboxylic acids is 1. The average Bonchev–Trinajstić information content (AvgIpc) is 3.01. The highest BCUT2D eigenvalue weighted by Gasteiger charge is 2.32. The van der Waals surface area contributed by atoms with E-state index < -0.39 is 5.97 Å². The van der Waals surface area contributed by atoms with Crippen molar-refractivity contribution in [3.05, 3.63) is 23.8 Å². The minimum atomic E-state index is -0.906. The van der Waals surface area contributed by atoms with Crippen LogP contribution in [0.4, 0.5) is 11.4 Å². The summed E-state index contributed by atoms with van der Waals surface area (Å²) in [5.74, 6) is -0.906. The number of anilines is 2.